The Balaban J connectivity index is 2.03. The topological polar surface area (TPSA) is 74.1 Å². The average molecular weight is 451 g/mol. The third-order valence-corrected chi connectivity index (χ3v) is 5.80. The number of rotatable bonds is 9. The van der Waals surface area contributed by atoms with Crippen LogP contribution in [0.25, 0.3) is 5.76 Å². The predicted molar refractivity (Wildman–Crippen MR) is 127 cm³/mol. The molecule has 0 spiro atoms. The number of hydrogen-bond donors (Lipinski definition) is 1. The molecule has 1 aliphatic heterocycles. The lowest BCUT2D eigenvalue weighted by atomic mass is 9.94. The standard InChI is InChI=1S/C27H34N2O4/c1-6-19-8-10-20(11-9-19)24-23(26(31)27(32)29(24)17-7-16-28(4)5)25(30)21-12-14-22(15-13-21)33-18(2)3/h8-15,18,24,30H,6-7,16-17H2,1-5H3. The Morgan fingerprint density at radius 3 is 2.24 bits per heavy atom. The van der Waals surface area contributed by atoms with Crippen molar-refractivity contribution in [1.82, 2.24) is 4.90 Å². The highest BCUT2D eigenvalue weighted by Gasteiger charge is 2.43. The molecule has 1 N–H and O–H groups in total. The smallest absolute Gasteiger partial charge is 0.295 e. The molecule has 1 heterocycles. The summed E-state index contributed by atoms with van der Waals surface area (Å²) in [6.07, 6.45) is 1.65. The number of quaternary nitrogens is 1. The van der Waals surface area contributed by atoms with Gasteiger partial charge in [-0.05, 0) is 49.1 Å². The van der Waals surface area contributed by atoms with Gasteiger partial charge in [-0.3, -0.25) is 9.59 Å². The molecule has 2 aromatic rings. The quantitative estimate of drug-likeness (QED) is 0.359. The third kappa shape index (κ3) is 5.63. The predicted octanol–water partition coefficient (Wildman–Crippen LogP) is 1.79. The molecule has 1 amide bonds. The third-order valence-electron chi connectivity index (χ3n) is 5.80. The molecule has 1 unspecified atom stereocenters. The first-order valence-electron chi connectivity index (χ1n) is 11.6. The molecular formula is C27H34N2O4. The van der Waals surface area contributed by atoms with Crippen LogP contribution < -0.4 is 14.7 Å². The summed E-state index contributed by atoms with van der Waals surface area (Å²) >= 11 is 0. The molecule has 6 nitrogen and oxygen atoms in total. The number of amides is 1. The number of carbonyl (C=O) groups is 2. The van der Waals surface area contributed by atoms with Gasteiger partial charge in [0, 0.05) is 18.5 Å². The zero-order valence-corrected chi connectivity index (χ0v) is 20.2. The van der Waals surface area contributed by atoms with Crippen molar-refractivity contribution >= 4 is 17.4 Å². The van der Waals surface area contributed by atoms with E-state index in [0.29, 0.717) is 17.9 Å². The second-order valence-corrected chi connectivity index (χ2v) is 9.07. The van der Waals surface area contributed by atoms with Crippen LogP contribution in [0.3, 0.4) is 0 Å². The van der Waals surface area contributed by atoms with E-state index in [1.165, 1.54) is 4.90 Å². The van der Waals surface area contributed by atoms with Crippen molar-refractivity contribution in [2.45, 2.75) is 45.8 Å². The zero-order valence-electron chi connectivity index (χ0n) is 20.2. The van der Waals surface area contributed by atoms with Crippen molar-refractivity contribution in [2.75, 3.05) is 27.2 Å². The van der Waals surface area contributed by atoms with E-state index in [9.17, 15) is 14.7 Å². The molecule has 6 heteroatoms. The maximum absolute atomic E-state index is 13.5. The van der Waals surface area contributed by atoms with Gasteiger partial charge in [0.2, 0.25) is 5.78 Å². The van der Waals surface area contributed by atoms with Crippen molar-refractivity contribution < 1.29 is 24.3 Å². The Bertz CT molecular complexity index is 1010. The molecule has 1 saturated heterocycles. The van der Waals surface area contributed by atoms with Crippen LogP contribution in [0.2, 0.25) is 0 Å². The number of hydrogen-bond acceptors (Lipinski definition) is 4. The van der Waals surface area contributed by atoms with Gasteiger partial charge in [-0.25, -0.2) is 0 Å². The highest BCUT2D eigenvalue weighted by atomic mass is 16.5. The number of nitrogens with one attached hydrogen (secondary N) is 1. The van der Waals surface area contributed by atoms with Gasteiger partial charge in [0.05, 0.1) is 32.8 Å². The monoisotopic (exact) mass is 450 g/mol. The van der Waals surface area contributed by atoms with Crippen LogP contribution in [0, 0.1) is 0 Å². The number of ether oxygens (including phenoxy) is 1. The van der Waals surface area contributed by atoms with Gasteiger partial charge in [0.15, 0.2) is 0 Å². The first kappa shape index (κ1) is 24.5. The lowest BCUT2D eigenvalue weighted by Gasteiger charge is -2.28. The molecule has 0 radical (unpaired) electrons. The molecule has 0 bridgehead atoms. The van der Waals surface area contributed by atoms with Crippen LogP contribution in [-0.4, -0.2) is 49.9 Å². The maximum atomic E-state index is 13.5. The lowest BCUT2D eigenvalue weighted by Crippen LogP contribution is -3.05. The molecule has 33 heavy (non-hydrogen) atoms. The molecule has 0 aliphatic carbocycles. The summed E-state index contributed by atoms with van der Waals surface area (Å²) in [5.74, 6) is -1.06. The van der Waals surface area contributed by atoms with E-state index >= 15 is 0 Å². The molecule has 1 aliphatic rings. The average Bonchev–Trinajstić information content (AvgIpc) is 3.03. The maximum Gasteiger partial charge on any atom is 0.295 e. The molecule has 2 aromatic carbocycles. The molecule has 176 valence electrons. The number of likely N-dealkylation sites (tertiary alicyclic amines) is 1. The summed E-state index contributed by atoms with van der Waals surface area (Å²) in [5, 5.41) is 13.5. The summed E-state index contributed by atoms with van der Waals surface area (Å²) in [7, 11) is 4.09. The summed E-state index contributed by atoms with van der Waals surface area (Å²) in [6.45, 7) is 7.21. The van der Waals surface area contributed by atoms with E-state index in [4.69, 9.17) is 4.74 Å². The summed E-state index contributed by atoms with van der Waals surface area (Å²) in [6, 6.07) is 13.9. The van der Waals surface area contributed by atoms with Crippen LogP contribution in [-0.2, 0) is 16.0 Å². The molecule has 0 saturated carbocycles. The van der Waals surface area contributed by atoms with E-state index in [-0.39, 0.29) is 11.7 Å². The number of aryl methyl sites for hydroxylation is 1. The lowest BCUT2D eigenvalue weighted by molar-refractivity contribution is -0.858. The van der Waals surface area contributed by atoms with E-state index in [2.05, 4.69) is 6.92 Å². The molecule has 0 aromatic heterocycles. The van der Waals surface area contributed by atoms with Crippen molar-refractivity contribution in [3.8, 4) is 5.75 Å². The van der Waals surface area contributed by atoms with Crippen molar-refractivity contribution in [1.29, 1.82) is 0 Å². The Morgan fingerprint density at radius 2 is 1.70 bits per heavy atom. The number of nitrogens with zero attached hydrogens (tertiary/aromatic N) is 1. The second kappa shape index (κ2) is 10.7. The minimum Gasteiger partial charge on any atom is -0.872 e. The normalized spacial score (nSPS) is 17.9. The highest BCUT2D eigenvalue weighted by Crippen LogP contribution is 2.39. The Morgan fingerprint density at radius 1 is 1.06 bits per heavy atom. The minimum atomic E-state index is -0.704. The van der Waals surface area contributed by atoms with E-state index < -0.39 is 23.5 Å². The molecule has 1 atom stereocenters. The van der Waals surface area contributed by atoms with Gasteiger partial charge >= 0.3 is 0 Å². The second-order valence-electron chi connectivity index (χ2n) is 9.07. The van der Waals surface area contributed by atoms with Crippen LogP contribution >= 0.6 is 0 Å². The van der Waals surface area contributed by atoms with Crippen molar-refractivity contribution in [2.24, 2.45) is 0 Å². The Labute approximate surface area is 196 Å². The first-order chi connectivity index (χ1) is 15.7. The SMILES string of the molecule is CCc1ccc(C2C(=C([O-])c3ccc(OC(C)C)cc3)C(=O)C(=O)N2CCC[NH+](C)C)cc1. The van der Waals surface area contributed by atoms with E-state index in [1.54, 1.807) is 29.2 Å². The van der Waals surface area contributed by atoms with Gasteiger partial charge in [-0.2, -0.15) is 0 Å². The number of carbonyl (C=O) groups excluding carboxylic acids is 2. The van der Waals surface area contributed by atoms with Gasteiger partial charge < -0.3 is 19.6 Å². The fraction of sp³-hybridized carbons (Fsp3) is 0.407. The van der Waals surface area contributed by atoms with Gasteiger partial charge in [-0.1, -0.05) is 49.1 Å². The summed E-state index contributed by atoms with van der Waals surface area (Å²) < 4.78 is 5.66. The van der Waals surface area contributed by atoms with E-state index in [1.807, 2.05) is 52.2 Å². The fourth-order valence-corrected chi connectivity index (χ4v) is 4.10. The Hall–Kier alpha value is -3.12. The zero-order chi connectivity index (χ0) is 24.1. The molecular weight excluding hydrogens is 416 g/mol. The van der Waals surface area contributed by atoms with Crippen LogP contribution in [0.5, 0.6) is 5.75 Å². The summed E-state index contributed by atoms with van der Waals surface area (Å²) in [4.78, 5) is 28.9. The van der Waals surface area contributed by atoms with Crippen molar-refractivity contribution in [3.05, 3.63) is 70.8 Å². The van der Waals surface area contributed by atoms with Crippen molar-refractivity contribution in [3.63, 3.8) is 0 Å². The van der Waals surface area contributed by atoms with Crippen LogP contribution in [0.1, 0.15) is 49.9 Å². The van der Waals surface area contributed by atoms with Crippen LogP contribution in [0.15, 0.2) is 54.1 Å². The largest absolute Gasteiger partial charge is 0.872 e. The van der Waals surface area contributed by atoms with Crippen LogP contribution in [0.4, 0.5) is 0 Å². The minimum absolute atomic E-state index is 0.0167. The van der Waals surface area contributed by atoms with Gasteiger partial charge in [0.25, 0.3) is 5.91 Å². The number of Topliss-reactive ketones (excluding diaryl/α,β-unsaturated/α-hetero) is 1. The Kier molecular flexibility index (Phi) is 7.92. The summed E-state index contributed by atoms with van der Waals surface area (Å²) in [5.41, 5.74) is 2.34. The van der Waals surface area contributed by atoms with E-state index in [0.717, 1.165) is 30.5 Å². The molecule has 1 fully saturated rings. The van der Waals surface area contributed by atoms with Gasteiger partial charge in [0.1, 0.15) is 5.75 Å². The first-order valence-corrected chi connectivity index (χ1v) is 11.6. The van der Waals surface area contributed by atoms with Gasteiger partial charge in [-0.15, -0.1) is 0 Å². The number of benzene rings is 2. The fourth-order valence-electron chi connectivity index (χ4n) is 4.10. The highest BCUT2D eigenvalue weighted by molar-refractivity contribution is 6.46. The molecule has 3 rings (SSSR count). The number of ketones is 1.